The van der Waals surface area contributed by atoms with Gasteiger partial charge in [-0.2, -0.15) is 10.2 Å². The molecule has 2 heterocycles. The van der Waals surface area contributed by atoms with Gasteiger partial charge in [0, 0.05) is 25.8 Å². The van der Waals surface area contributed by atoms with Crippen molar-refractivity contribution in [3.63, 3.8) is 0 Å². The summed E-state index contributed by atoms with van der Waals surface area (Å²) in [4.78, 5) is 22.5. The summed E-state index contributed by atoms with van der Waals surface area (Å²) >= 11 is 5.91. The Hall–Kier alpha value is -2.42. The summed E-state index contributed by atoms with van der Waals surface area (Å²) in [5, 5.41) is 22.3. The smallest absolute Gasteiger partial charge is 0.320 e. The average Bonchev–Trinajstić information content (AvgIpc) is 3.07. The molecule has 2 rings (SSSR count). The molecule has 0 atom stereocenters. The van der Waals surface area contributed by atoms with Gasteiger partial charge in [-0.25, -0.2) is 0 Å². The predicted octanol–water partition coefficient (Wildman–Crippen LogP) is 1.79. The Kier molecular flexibility index (Phi) is 5.32. The Morgan fingerprint density at radius 2 is 2.26 bits per heavy atom. The van der Waals surface area contributed by atoms with Gasteiger partial charge in [-0.05, 0) is 20.3 Å². The van der Waals surface area contributed by atoms with E-state index in [1.165, 1.54) is 4.68 Å². The van der Waals surface area contributed by atoms with E-state index >= 15 is 0 Å². The summed E-state index contributed by atoms with van der Waals surface area (Å²) < 4.78 is 3.01. The minimum atomic E-state index is -0.609. The number of carbonyl (C=O) groups is 1. The predicted molar refractivity (Wildman–Crippen MR) is 83.5 cm³/mol. The van der Waals surface area contributed by atoms with Crippen LogP contribution in [0, 0.1) is 17.0 Å². The highest BCUT2D eigenvalue weighted by Crippen LogP contribution is 2.17. The van der Waals surface area contributed by atoms with Crippen LogP contribution >= 0.6 is 11.6 Å². The molecule has 10 heteroatoms. The molecule has 2 aromatic heterocycles. The van der Waals surface area contributed by atoms with Crippen LogP contribution in [-0.2, 0) is 13.1 Å². The van der Waals surface area contributed by atoms with E-state index in [9.17, 15) is 14.9 Å². The molecule has 0 fully saturated rings. The fourth-order valence-electron chi connectivity index (χ4n) is 2.12. The van der Waals surface area contributed by atoms with E-state index in [0.717, 1.165) is 11.9 Å². The van der Waals surface area contributed by atoms with Gasteiger partial charge in [0.05, 0.1) is 15.6 Å². The zero-order valence-corrected chi connectivity index (χ0v) is 13.6. The van der Waals surface area contributed by atoms with Crippen LogP contribution in [-0.4, -0.2) is 36.9 Å². The molecule has 0 radical (unpaired) electrons. The first-order chi connectivity index (χ1) is 10.9. The third-order valence-electron chi connectivity index (χ3n) is 3.27. The van der Waals surface area contributed by atoms with Gasteiger partial charge in [-0.3, -0.25) is 24.3 Å². The first kappa shape index (κ1) is 16.9. The number of hydrogen-bond donors (Lipinski definition) is 1. The first-order valence-corrected chi connectivity index (χ1v) is 7.49. The molecule has 0 aliphatic rings. The lowest BCUT2D eigenvalue weighted by atomic mass is 10.3. The van der Waals surface area contributed by atoms with Gasteiger partial charge in [-0.1, -0.05) is 11.6 Å². The third kappa shape index (κ3) is 3.86. The van der Waals surface area contributed by atoms with Crippen molar-refractivity contribution in [2.45, 2.75) is 33.4 Å². The van der Waals surface area contributed by atoms with E-state index in [1.807, 2.05) is 6.92 Å². The number of aryl methyl sites for hydroxylation is 3. The van der Waals surface area contributed by atoms with Gasteiger partial charge in [0.2, 0.25) is 5.69 Å². The lowest BCUT2D eigenvalue weighted by Gasteiger charge is -2.06. The maximum atomic E-state index is 12.2. The SMILES string of the molecule is CCn1ncc([N+](=O)[O-])c1C(=O)NCCCn1cc(Cl)c(C)n1. The van der Waals surface area contributed by atoms with Gasteiger partial charge >= 0.3 is 5.69 Å². The van der Waals surface area contributed by atoms with Gasteiger partial charge in [0.25, 0.3) is 5.91 Å². The number of halogens is 1. The molecule has 0 aliphatic heterocycles. The molecule has 2 aromatic rings. The van der Waals surface area contributed by atoms with Crippen LogP contribution < -0.4 is 5.32 Å². The van der Waals surface area contributed by atoms with Crippen LogP contribution in [0.5, 0.6) is 0 Å². The molecule has 9 nitrogen and oxygen atoms in total. The van der Waals surface area contributed by atoms with Crippen LogP contribution in [0.2, 0.25) is 5.02 Å². The molecule has 1 amide bonds. The largest absolute Gasteiger partial charge is 0.350 e. The lowest BCUT2D eigenvalue weighted by molar-refractivity contribution is -0.385. The number of amides is 1. The van der Waals surface area contributed by atoms with Crippen molar-refractivity contribution in [3.8, 4) is 0 Å². The first-order valence-electron chi connectivity index (χ1n) is 7.12. The fraction of sp³-hybridized carbons (Fsp3) is 0.462. The van der Waals surface area contributed by atoms with Crippen LogP contribution in [0.4, 0.5) is 5.69 Å². The van der Waals surface area contributed by atoms with E-state index in [0.29, 0.717) is 31.1 Å². The highest BCUT2D eigenvalue weighted by molar-refractivity contribution is 6.31. The molecule has 0 aliphatic carbocycles. The maximum absolute atomic E-state index is 12.2. The molecule has 0 unspecified atom stereocenters. The molecular formula is C13H17ClN6O3. The van der Waals surface area contributed by atoms with Crippen molar-refractivity contribution >= 4 is 23.2 Å². The molecule has 0 saturated heterocycles. The second-order valence-corrected chi connectivity index (χ2v) is 5.29. The summed E-state index contributed by atoms with van der Waals surface area (Å²) in [6, 6.07) is 0. The van der Waals surface area contributed by atoms with E-state index in [4.69, 9.17) is 11.6 Å². The summed E-state index contributed by atoms with van der Waals surface area (Å²) in [5.41, 5.74) is 0.424. The van der Waals surface area contributed by atoms with Gasteiger partial charge in [0.1, 0.15) is 6.20 Å². The zero-order valence-electron chi connectivity index (χ0n) is 12.8. The van der Waals surface area contributed by atoms with Crippen molar-refractivity contribution in [1.82, 2.24) is 24.9 Å². The Labute approximate surface area is 137 Å². The van der Waals surface area contributed by atoms with E-state index < -0.39 is 10.8 Å². The topological polar surface area (TPSA) is 108 Å². The molecule has 124 valence electrons. The molecule has 0 bridgehead atoms. The molecule has 23 heavy (non-hydrogen) atoms. The quantitative estimate of drug-likeness (QED) is 0.469. The minimum Gasteiger partial charge on any atom is -0.350 e. The molecule has 0 aromatic carbocycles. The van der Waals surface area contributed by atoms with E-state index in [1.54, 1.807) is 17.8 Å². The molecule has 0 spiro atoms. The van der Waals surface area contributed by atoms with Gasteiger partial charge < -0.3 is 5.32 Å². The molecule has 1 N–H and O–H groups in total. The Morgan fingerprint density at radius 1 is 1.52 bits per heavy atom. The Morgan fingerprint density at radius 3 is 2.83 bits per heavy atom. The van der Waals surface area contributed by atoms with Crippen LogP contribution in [0.1, 0.15) is 29.5 Å². The number of carbonyl (C=O) groups excluding carboxylic acids is 1. The van der Waals surface area contributed by atoms with E-state index in [-0.39, 0.29) is 11.4 Å². The monoisotopic (exact) mass is 340 g/mol. The summed E-state index contributed by atoms with van der Waals surface area (Å²) in [7, 11) is 0. The zero-order chi connectivity index (χ0) is 17.0. The highest BCUT2D eigenvalue weighted by atomic mass is 35.5. The van der Waals surface area contributed by atoms with Crippen LogP contribution in [0.15, 0.2) is 12.4 Å². The summed E-state index contributed by atoms with van der Waals surface area (Å²) in [6.07, 6.45) is 3.43. The fourth-order valence-corrected chi connectivity index (χ4v) is 2.27. The number of nitrogens with one attached hydrogen (secondary N) is 1. The molecular weight excluding hydrogens is 324 g/mol. The third-order valence-corrected chi connectivity index (χ3v) is 3.64. The van der Waals surface area contributed by atoms with Crippen molar-refractivity contribution in [1.29, 1.82) is 0 Å². The maximum Gasteiger partial charge on any atom is 0.320 e. The standard InChI is InChI=1S/C13H17ClN6O3/c1-3-19-12(11(7-16-19)20(22)23)13(21)15-5-4-6-18-8-10(14)9(2)17-18/h7-8H,3-6H2,1-2H3,(H,15,21). The second-order valence-electron chi connectivity index (χ2n) is 4.89. The van der Waals surface area contributed by atoms with Crippen molar-refractivity contribution in [2.24, 2.45) is 0 Å². The number of nitrogens with zero attached hydrogens (tertiary/aromatic N) is 5. The van der Waals surface area contributed by atoms with Crippen LogP contribution in [0.3, 0.4) is 0 Å². The van der Waals surface area contributed by atoms with Crippen molar-refractivity contribution in [2.75, 3.05) is 6.54 Å². The number of nitro groups is 1. The van der Waals surface area contributed by atoms with Gasteiger partial charge in [-0.15, -0.1) is 0 Å². The number of hydrogen-bond acceptors (Lipinski definition) is 5. The Balaban J connectivity index is 1.92. The number of rotatable bonds is 7. The number of aromatic nitrogens is 4. The normalized spacial score (nSPS) is 10.7. The minimum absolute atomic E-state index is 0.0320. The van der Waals surface area contributed by atoms with Crippen molar-refractivity contribution in [3.05, 3.63) is 38.9 Å². The van der Waals surface area contributed by atoms with Crippen LogP contribution in [0.25, 0.3) is 0 Å². The molecule has 0 saturated carbocycles. The van der Waals surface area contributed by atoms with E-state index in [2.05, 4.69) is 15.5 Å². The summed E-state index contributed by atoms with van der Waals surface area (Å²) in [5.74, 6) is -0.509. The summed E-state index contributed by atoms with van der Waals surface area (Å²) in [6.45, 7) is 4.90. The van der Waals surface area contributed by atoms with Crippen molar-refractivity contribution < 1.29 is 9.72 Å². The Bertz CT molecular complexity index is 704. The second kappa shape index (κ2) is 7.23. The van der Waals surface area contributed by atoms with Gasteiger partial charge in [0.15, 0.2) is 0 Å². The lowest BCUT2D eigenvalue weighted by Crippen LogP contribution is -2.28. The average molecular weight is 341 g/mol. The highest BCUT2D eigenvalue weighted by Gasteiger charge is 2.25.